The molecule has 0 aromatic carbocycles. The number of rotatable bonds is 8. The van der Waals surface area contributed by atoms with Gasteiger partial charge < -0.3 is 9.05 Å². The van der Waals surface area contributed by atoms with Crippen molar-refractivity contribution in [2.45, 2.75) is 32.1 Å². The Hall–Kier alpha value is -0.480. The van der Waals surface area contributed by atoms with Crippen LogP contribution >= 0.6 is 30.6 Å². The van der Waals surface area contributed by atoms with E-state index in [4.69, 9.17) is 20.6 Å². The van der Waals surface area contributed by atoms with Crippen molar-refractivity contribution in [3.63, 3.8) is 0 Å². The van der Waals surface area contributed by atoms with Gasteiger partial charge in [0.2, 0.25) is 0 Å². The first-order chi connectivity index (χ1) is 10.2. The fourth-order valence-corrected chi connectivity index (χ4v) is 4.80. The maximum atomic E-state index is 6.02. The van der Waals surface area contributed by atoms with Crippen molar-refractivity contribution in [3.8, 4) is 5.75 Å². The van der Waals surface area contributed by atoms with Crippen molar-refractivity contribution in [1.29, 1.82) is 0 Å². The highest BCUT2D eigenvalue weighted by Gasteiger charge is 2.15. The van der Waals surface area contributed by atoms with E-state index in [9.17, 15) is 0 Å². The van der Waals surface area contributed by atoms with Crippen LogP contribution in [-0.4, -0.2) is 27.5 Å². The van der Waals surface area contributed by atoms with Gasteiger partial charge in [-0.3, -0.25) is 0 Å². The van der Waals surface area contributed by atoms with Crippen molar-refractivity contribution in [3.05, 3.63) is 30.6 Å². The lowest BCUT2D eigenvalue weighted by Gasteiger charge is -2.14. The van der Waals surface area contributed by atoms with E-state index in [0.29, 0.717) is 6.61 Å². The second-order valence-electron chi connectivity index (χ2n) is 4.43. The third-order valence-electron chi connectivity index (χ3n) is 2.67. The number of nitrogens with zero attached hydrogens (tertiary/aromatic N) is 2. The Morgan fingerprint density at radius 3 is 3.05 bits per heavy atom. The molecule has 2 unspecified atom stereocenters. The second kappa shape index (κ2) is 8.84. The lowest BCUT2D eigenvalue weighted by Crippen LogP contribution is -2.02. The molecule has 0 amide bonds. The molecule has 21 heavy (non-hydrogen) atoms. The molecule has 1 aliphatic rings. The van der Waals surface area contributed by atoms with Crippen molar-refractivity contribution in [2.75, 3.05) is 12.4 Å². The first-order valence-electron chi connectivity index (χ1n) is 7.04. The van der Waals surface area contributed by atoms with Gasteiger partial charge in [0.1, 0.15) is 0 Å². The molecule has 0 radical (unpaired) electrons. The van der Waals surface area contributed by atoms with Crippen LogP contribution in [0.1, 0.15) is 26.7 Å². The first kappa shape index (κ1) is 16.9. The Balaban J connectivity index is 1.97. The molecule has 0 N–H and O–H groups in total. The summed E-state index contributed by atoms with van der Waals surface area (Å²) in [7, 11) is -0.949. The van der Waals surface area contributed by atoms with Crippen LogP contribution in [-0.2, 0) is 4.52 Å². The minimum atomic E-state index is -0.949. The summed E-state index contributed by atoms with van der Waals surface area (Å²) in [5, 5.41) is 4.41. The van der Waals surface area contributed by atoms with Gasteiger partial charge in [-0.15, -0.1) is 11.6 Å². The summed E-state index contributed by atoms with van der Waals surface area (Å²) in [4.78, 5) is 0. The molecule has 116 valence electrons. The first-order valence-corrected chi connectivity index (χ1v) is 10.2. The Labute approximate surface area is 136 Å². The average molecular weight is 347 g/mol. The molecule has 7 heteroatoms. The third-order valence-corrected chi connectivity index (χ3v) is 6.34. The van der Waals surface area contributed by atoms with Gasteiger partial charge in [0, 0.05) is 5.75 Å². The van der Waals surface area contributed by atoms with Crippen molar-refractivity contribution in [2.24, 2.45) is 0 Å². The SMILES string of the molecule is CCCSP(OCC)Oc1cnn(C2=CCC(Cl)C=C2)c1. The smallest absolute Gasteiger partial charge is 0.298 e. The zero-order valence-corrected chi connectivity index (χ0v) is 14.7. The van der Waals surface area contributed by atoms with Crippen LogP contribution in [0.2, 0.25) is 0 Å². The predicted molar refractivity (Wildman–Crippen MR) is 91.8 cm³/mol. The molecule has 1 aromatic heterocycles. The molecule has 2 rings (SSSR count). The second-order valence-corrected chi connectivity index (χ2v) is 8.21. The summed E-state index contributed by atoms with van der Waals surface area (Å²) in [6, 6.07) is 0. The van der Waals surface area contributed by atoms with E-state index in [1.165, 1.54) is 0 Å². The molecular weight excluding hydrogens is 327 g/mol. The van der Waals surface area contributed by atoms with Crippen LogP contribution in [0, 0.1) is 0 Å². The lowest BCUT2D eigenvalue weighted by atomic mass is 10.1. The summed E-state index contributed by atoms with van der Waals surface area (Å²) in [5.41, 5.74) is 1.02. The summed E-state index contributed by atoms with van der Waals surface area (Å²) in [6.45, 7) is 4.78. The average Bonchev–Trinajstić information content (AvgIpc) is 2.94. The van der Waals surface area contributed by atoms with E-state index in [2.05, 4.69) is 18.1 Å². The molecule has 1 aromatic rings. The fraction of sp³-hybridized carbons (Fsp3) is 0.500. The molecule has 4 nitrogen and oxygen atoms in total. The number of hydrogen-bond donors (Lipinski definition) is 0. The molecule has 0 saturated carbocycles. The number of alkyl halides is 1. The molecule has 1 aliphatic carbocycles. The minimum Gasteiger partial charge on any atom is -0.436 e. The number of hydrogen-bond acceptors (Lipinski definition) is 4. The van der Waals surface area contributed by atoms with Crippen LogP contribution in [0.15, 0.2) is 30.6 Å². The van der Waals surface area contributed by atoms with Gasteiger partial charge in [-0.2, -0.15) is 5.10 Å². The summed E-state index contributed by atoms with van der Waals surface area (Å²) in [5.74, 6) is 1.77. The van der Waals surface area contributed by atoms with Gasteiger partial charge in [-0.05, 0) is 25.8 Å². The van der Waals surface area contributed by atoms with Crippen molar-refractivity contribution >= 4 is 36.3 Å². The maximum absolute atomic E-state index is 6.02. The Bertz CT molecular complexity index is 507. The van der Waals surface area contributed by atoms with Gasteiger partial charge in [-0.25, -0.2) is 4.68 Å². The topological polar surface area (TPSA) is 36.3 Å². The summed E-state index contributed by atoms with van der Waals surface area (Å²) < 4.78 is 13.3. The monoisotopic (exact) mass is 346 g/mol. The van der Waals surface area contributed by atoms with E-state index in [1.807, 2.05) is 25.3 Å². The molecule has 0 saturated heterocycles. The molecule has 0 bridgehead atoms. The van der Waals surface area contributed by atoms with Gasteiger partial charge in [0.25, 0.3) is 7.58 Å². The van der Waals surface area contributed by atoms with Gasteiger partial charge in [-0.1, -0.05) is 30.5 Å². The highest BCUT2D eigenvalue weighted by atomic mass is 35.5. The standard InChI is InChI=1S/C14H20ClN2O2PS/c1-3-9-21-20(18-4-2)19-14-10-16-17(11-14)13-7-5-12(15)6-8-13/h5,7-8,10-12H,3-4,6,9H2,1-2H3. The number of aromatic nitrogens is 2. The van der Waals surface area contributed by atoms with Crippen LogP contribution < -0.4 is 4.52 Å². The van der Waals surface area contributed by atoms with Crippen LogP contribution in [0.4, 0.5) is 0 Å². The van der Waals surface area contributed by atoms with E-state index in [1.54, 1.807) is 22.3 Å². The van der Waals surface area contributed by atoms with Gasteiger partial charge in [0.15, 0.2) is 5.75 Å². The molecule has 1 heterocycles. The molecule has 0 spiro atoms. The molecule has 2 atom stereocenters. The predicted octanol–water partition coefficient (Wildman–Crippen LogP) is 5.08. The minimum absolute atomic E-state index is 0.0799. The third kappa shape index (κ3) is 5.33. The highest BCUT2D eigenvalue weighted by molar-refractivity contribution is 8.52. The Morgan fingerprint density at radius 1 is 1.52 bits per heavy atom. The lowest BCUT2D eigenvalue weighted by molar-refractivity contribution is 0.346. The van der Waals surface area contributed by atoms with Gasteiger partial charge >= 0.3 is 0 Å². The number of halogens is 1. The van der Waals surface area contributed by atoms with Crippen LogP contribution in [0.3, 0.4) is 0 Å². The summed E-state index contributed by atoms with van der Waals surface area (Å²) >= 11 is 7.75. The van der Waals surface area contributed by atoms with E-state index < -0.39 is 7.58 Å². The van der Waals surface area contributed by atoms with E-state index in [-0.39, 0.29) is 5.38 Å². The Morgan fingerprint density at radius 2 is 2.38 bits per heavy atom. The van der Waals surface area contributed by atoms with E-state index in [0.717, 1.165) is 30.0 Å². The van der Waals surface area contributed by atoms with E-state index >= 15 is 0 Å². The largest absolute Gasteiger partial charge is 0.436 e. The molecular formula is C14H20ClN2O2PS. The van der Waals surface area contributed by atoms with Crippen LogP contribution in [0.25, 0.3) is 5.70 Å². The fourth-order valence-electron chi connectivity index (χ4n) is 1.69. The maximum Gasteiger partial charge on any atom is 0.298 e. The van der Waals surface area contributed by atoms with Crippen molar-refractivity contribution in [1.82, 2.24) is 9.78 Å². The summed E-state index contributed by atoms with van der Waals surface area (Å²) in [6.07, 6.45) is 11.6. The highest BCUT2D eigenvalue weighted by Crippen LogP contribution is 2.51. The Kier molecular flexibility index (Phi) is 7.11. The number of allylic oxidation sites excluding steroid dienone is 4. The van der Waals surface area contributed by atoms with Crippen LogP contribution in [0.5, 0.6) is 5.75 Å². The zero-order chi connectivity index (χ0) is 15.1. The van der Waals surface area contributed by atoms with Crippen molar-refractivity contribution < 1.29 is 9.05 Å². The zero-order valence-electron chi connectivity index (χ0n) is 12.2. The van der Waals surface area contributed by atoms with Gasteiger partial charge in [0.05, 0.1) is 30.1 Å². The quantitative estimate of drug-likeness (QED) is 0.486. The normalized spacial score (nSPS) is 19.4. The molecule has 0 aliphatic heterocycles. The molecule has 0 fully saturated rings.